The van der Waals surface area contributed by atoms with Crippen LogP contribution in [0.2, 0.25) is 10.0 Å². The summed E-state index contributed by atoms with van der Waals surface area (Å²) >= 11 is 12.1. The zero-order valence-corrected chi connectivity index (χ0v) is 16.0. The molecule has 0 amide bonds. The molecule has 2 aromatic carbocycles. The van der Waals surface area contributed by atoms with Crippen molar-refractivity contribution in [2.24, 2.45) is 0 Å². The summed E-state index contributed by atoms with van der Waals surface area (Å²) < 4.78 is 0. The summed E-state index contributed by atoms with van der Waals surface area (Å²) in [5, 5.41) is 1.44. The van der Waals surface area contributed by atoms with Gasteiger partial charge in [-0.1, -0.05) is 66.7 Å². The standard InChI is InChI=1S/C22H20Cl2N2/c23-18-10-6-16(7-11-18)21-22(17-8-12-19(24)13-9-17)26-20(14-25-21)15-4-2-1-3-5-15/h6-15H,1-5H2. The van der Waals surface area contributed by atoms with Gasteiger partial charge in [0.1, 0.15) is 0 Å². The first-order valence-electron chi connectivity index (χ1n) is 9.09. The number of nitrogens with zero attached hydrogens (tertiary/aromatic N) is 2. The fraction of sp³-hybridized carbons (Fsp3) is 0.273. The van der Waals surface area contributed by atoms with Gasteiger partial charge in [0.2, 0.25) is 0 Å². The largest absolute Gasteiger partial charge is 0.252 e. The van der Waals surface area contributed by atoms with Gasteiger partial charge in [-0.15, -0.1) is 0 Å². The summed E-state index contributed by atoms with van der Waals surface area (Å²) in [5.41, 5.74) is 4.94. The van der Waals surface area contributed by atoms with Crippen LogP contribution in [0.15, 0.2) is 54.7 Å². The summed E-state index contributed by atoms with van der Waals surface area (Å²) in [5.74, 6) is 0.515. The van der Waals surface area contributed by atoms with Crippen LogP contribution in [-0.2, 0) is 0 Å². The van der Waals surface area contributed by atoms with Gasteiger partial charge in [0.05, 0.1) is 17.1 Å². The maximum absolute atomic E-state index is 6.08. The Morgan fingerprint density at radius 2 is 1.23 bits per heavy atom. The van der Waals surface area contributed by atoms with Crippen LogP contribution >= 0.6 is 23.2 Å². The highest BCUT2D eigenvalue weighted by molar-refractivity contribution is 6.31. The van der Waals surface area contributed by atoms with E-state index < -0.39 is 0 Å². The maximum Gasteiger partial charge on any atom is 0.0968 e. The Hall–Kier alpha value is -1.90. The molecule has 1 saturated carbocycles. The molecule has 0 bridgehead atoms. The van der Waals surface area contributed by atoms with E-state index in [1.54, 1.807) is 0 Å². The number of aromatic nitrogens is 2. The Morgan fingerprint density at radius 3 is 1.81 bits per heavy atom. The van der Waals surface area contributed by atoms with Crippen molar-refractivity contribution >= 4 is 23.2 Å². The highest BCUT2D eigenvalue weighted by Crippen LogP contribution is 2.35. The zero-order chi connectivity index (χ0) is 17.9. The van der Waals surface area contributed by atoms with E-state index in [-0.39, 0.29) is 0 Å². The molecule has 3 aromatic rings. The van der Waals surface area contributed by atoms with Crippen LogP contribution in [-0.4, -0.2) is 9.97 Å². The van der Waals surface area contributed by atoms with Gasteiger partial charge in [-0.2, -0.15) is 0 Å². The van der Waals surface area contributed by atoms with Gasteiger partial charge < -0.3 is 0 Å². The van der Waals surface area contributed by atoms with Crippen molar-refractivity contribution in [1.29, 1.82) is 0 Å². The van der Waals surface area contributed by atoms with Crippen molar-refractivity contribution < 1.29 is 0 Å². The lowest BCUT2D eigenvalue weighted by Gasteiger charge is -2.22. The van der Waals surface area contributed by atoms with Crippen molar-refractivity contribution in [3.8, 4) is 22.5 Å². The molecule has 0 radical (unpaired) electrons. The molecular formula is C22H20Cl2N2. The third-order valence-corrected chi connectivity index (χ3v) is 5.55. The van der Waals surface area contributed by atoms with E-state index in [4.69, 9.17) is 33.2 Å². The summed E-state index contributed by atoms with van der Waals surface area (Å²) in [6, 6.07) is 15.6. The minimum Gasteiger partial charge on any atom is -0.252 e. The molecule has 4 rings (SSSR count). The van der Waals surface area contributed by atoms with E-state index in [0.29, 0.717) is 10.9 Å². The van der Waals surface area contributed by atoms with Gasteiger partial charge in [-0.05, 0) is 37.1 Å². The molecule has 26 heavy (non-hydrogen) atoms. The van der Waals surface area contributed by atoms with Crippen molar-refractivity contribution in [2.75, 3.05) is 0 Å². The molecule has 0 atom stereocenters. The molecule has 0 spiro atoms. The Morgan fingerprint density at radius 1 is 0.692 bits per heavy atom. The van der Waals surface area contributed by atoms with Crippen molar-refractivity contribution in [3.63, 3.8) is 0 Å². The van der Waals surface area contributed by atoms with E-state index in [9.17, 15) is 0 Å². The van der Waals surface area contributed by atoms with Crippen LogP contribution in [0.25, 0.3) is 22.5 Å². The summed E-state index contributed by atoms with van der Waals surface area (Å²) in [4.78, 5) is 9.87. The predicted molar refractivity (Wildman–Crippen MR) is 109 cm³/mol. The molecule has 4 heteroatoms. The molecule has 132 valence electrons. The highest BCUT2D eigenvalue weighted by Gasteiger charge is 2.20. The van der Waals surface area contributed by atoms with E-state index >= 15 is 0 Å². The first kappa shape index (κ1) is 17.5. The number of halogens is 2. The predicted octanol–water partition coefficient (Wildman–Crippen LogP) is 7.17. The van der Waals surface area contributed by atoms with Gasteiger partial charge in [0, 0.05) is 33.3 Å². The average Bonchev–Trinajstić information content (AvgIpc) is 2.70. The average molecular weight is 383 g/mol. The number of hydrogen-bond donors (Lipinski definition) is 0. The first-order valence-corrected chi connectivity index (χ1v) is 9.85. The van der Waals surface area contributed by atoms with Crippen molar-refractivity contribution in [3.05, 3.63) is 70.5 Å². The zero-order valence-electron chi connectivity index (χ0n) is 14.5. The molecule has 0 aliphatic heterocycles. The molecular weight excluding hydrogens is 363 g/mol. The summed E-state index contributed by atoms with van der Waals surface area (Å²) in [6.45, 7) is 0. The minimum absolute atomic E-state index is 0.515. The SMILES string of the molecule is Clc1ccc(-c2ncc(C3CCCCC3)nc2-c2ccc(Cl)cc2)cc1. The Balaban J connectivity index is 1.82. The smallest absolute Gasteiger partial charge is 0.0968 e. The normalized spacial score (nSPS) is 15.2. The molecule has 2 nitrogen and oxygen atoms in total. The molecule has 1 aliphatic rings. The van der Waals surface area contributed by atoms with Crippen LogP contribution in [0, 0.1) is 0 Å². The van der Waals surface area contributed by atoms with Gasteiger partial charge in [-0.3, -0.25) is 4.98 Å². The van der Waals surface area contributed by atoms with Crippen molar-refractivity contribution in [2.45, 2.75) is 38.0 Å². The van der Waals surface area contributed by atoms with Gasteiger partial charge >= 0.3 is 0 Å². The second kappa shape index (κ2) is 7.77. The lowest BCUT2D eigenvalue weighted by molar-refractivity contribution is 0.436. The maximum atomic E-state index is 6.08. The highest BCUT2D eigenvalue weighted by atomic mass is 35.5. The molecule has 1 fully saturated rings. The molecule has 0 unspecified atom stereocenters. The van der Waals surface area contributed by atoms with Gasteiger partial charge in [-0.25, -0.2) is 4.98 Å². The fourth-order valence-electron chi connectivity index (χ4n) is 3.63. The first-order chi connectivity index (χ1) is 12.7. The topological polar surface area (TPSA) is 25.8 Å². The molecule has 0 N–H and O–H groups in total. The van der Waals surface area contributed by atoms with Crippen LogP contribution in [0.5, 0.6) is 0 Å². The fourth-order valence-corrected chi connectivity index (χ4v) is 3.88. The van der Waals surface area contributed by atoms with E-state index in [0.717, 1.165) is 33.2 Å². The molecule has 0 saturated heterocycles. The molecule has 1 aromatic heterocycles. The summed E-state index contributed by atoms with van der Waals surface area (Å²) in [6.07, 6.45) is 8.25. The van der Waals surface area contributed by atoms with Gasteiger partial charge in [0.25, 0.3) is 0 Å². The van der Waals surface area contributed by atoms with E-state index in [2.05, 4.69) is 0 Å². The lowest BCUT2D eigenvalue weighted by atomic mass is 9.87. The minimum atomic E-state index is 0.515. The van der Waals surface area contributed by atoms with Crippen LogP contribution in [0.3, 0.4) is 0 Å². The van der Waals surface area contributed by atoms with Gasteiger partial charge in [0.15, 0.2) is 0 Å². The Bertz CT molecular complexity index is 883. The number of hydrogen-bond acceptors (Lipinski definition) is 2. The third kappa shape index (κ3) is 3.77. The monoisotopic (exact) mass is 382 g/mol. The number of benzene rings is 2. The third-order valence-electron chi connectivity index (χ3n) is 5.05. The van der Waals surface area contributed by atoms with E-state index in [1.807, 2.05) is 54.7 Å². The second-order valence-electron chi connectivity index (χ2n) is 6.84. The Labute approximate surface area is 164 Å². The van der Waals surface area contributed by atoms with Crippen LogP contribution < -0.4 is 0 Å². The Kier molecular flexibility index (Phi) is 5.23. The van der Waals surface area contributed by atoms with Crippen LogP contribution in [0.4, 0.5) is 0 Å². The van der Waals surface area contributed by atoms with Crippen LogP contribution in [0.1, 0.15) is 43.7 Å². The summed E-state index contributed by atoms with van der Waals surface area (Å²) in [7, 11) is 0. The quantitative estimate of drug-likeness (QED) is 0.479. The molecule has 1 heterocycles. The lowest BCUT2D eigenvalue weighted by Crippen LogP contribution is -2.08. The molecule has 1 aliphatic carbocycles. The van der Waals surface area contributed by atoms with Crippen molar-refractivity contribution in [1.82, 2.24) is 9.97 Å². The number of rotatable bonds is 3. The van der Waals surface area contributed by atoms with E-state index in [1.165, 1.54) is 32.1 Å². The second-order valence-corrected chi connectivity index (χ2v) is 7.71.